The van der Waals surface area contributed by atoms with Gasteiger partial charge in [0.25, 0.3) is 0 Å². The first-order chi connectivity index (χ1) is 5.22. The average molecular weight is 155 g/mol. The maximum atomic E-state index is 12.1. The van der Waals surface area contributed by atoms with Crippen LogP contribution in [-0.2, 0) is 4.79 Å². The van der Waals surface area contributed by atoms with Crippen LogP contribution >= 0.6 is 0 Å². The van der Waals surface area contributed by atoms with Crippen LogP contribution in [0.25, 0.3) is 0 Å². The van der Waals surface area contributed by atoms with Crippen LogP contribution < -0.4 is 5.73 Å². The van der Waals surface area contributed by atoms with Gasteiger partial charge in [0.15, 0.2) is 0 Å². The second kappa shape index (κ2) is 3.44. The zero-order valence-electron chi connectivity index (χ0n) is 6.09. The Bertz CT molecular complexity index is 220. The van der Waals surface area contributed by atoms with Crippen molar-refractivity contribution in [3.63, 3.8) is 0 Å². The van der Waals surface area contributed by atoms with Crippen molar-refractivity contribution >= 4 is 6.04 Å². The molecule has 1 aliphatic rings. The highest BCUT2D eigenvalue weighted by molar-refractivity contribution is 5.78. The smallest absolute Gasteiger partial charge is 0.316 e. The minimum absolute atomic E-state index is 0.681. The van der Waals surface area contributed by atoms with Gasteiger partial charge in [-0.15, -0.1) is 0 Å². The van der Waals surface area contributed by atoms with Gasteiger partial charge in [-0.1, -0.05) is 18.2 Å². The quantitative estimate of drug-likeness (QED) is 0.606. The van der Waals surface area contributed by atoms with E-state index in [0.717, 1.165) is 6.42 Å². The Morgan fingerprint density at radius 1 is 1.73 bits per heavy atom. The molecular formula is C8H10FNO. The van der Waals surface area contributed by atoms with E-state index in [9.17, 15) is 9.18 Å². The highest BCUT2D eigenvalue weighted by Crippen LogP contribution is 2.14. The molecule has 0 amide bonds. The van der Waals surface area contributed by atoms with Crippen LogP contribution in [0.5, 0.6) is 0 Å². The monoisotopic (exact) mass is 155 g/mol. The molecule has 0 aromatic heterocycles. The Labute approximate surface area is 64.6 Å². The molecule has 1 atom stereocenters. The molecule has 0 saturated heterocycles. The Morgan fingerprint density at radius 2 is 2.45 bits per heavy atom. The van der Waals surface area contributed by atoms with E-state index in [1.807, 2.05) is 6.08 Å². The third kappa shape index (κ3) is 1.98. The summed E-state index contributed by atoms with van der Waals surface area (Å²) in [5.41, 5.74) is 5.95. The lowest BCUT2D eigenvalue weighted by Gasteiger charge is -2.11. The fourth-order valence-electron chi connectivity index (χ4n) is 1.03. The predicted molar refractivity (Wildman–Crippen MR) is 40.5 cm³/mol. The van der Waals surface area contributed by atoms with E-state index in [1.165, 1.54) is 0 Å². The molecule has 11 heavy (non-hydrogen) atoms. The van der Waals surface area contributed by atoms with Gasteiger partial charge >= 0.3 is 6.04 Å². The van der Waals surface area contributed by atoms with E-state index in [1.54, 1.807) is 12.2 Å². The van der Waals surface area contributed by atoms with Crippen LogP contribution in [0.15, 0.2) is 23.8 Å². The summed E-state index contributed by atoms with van der Waals surface area (Å²) >= 11 is 0. The molecule has 0 saturated carbocycles. The number of hydrogen-bond donors (Lipinski definition) is 1. The minimum Gasteiger partial charge on any atom is -0.316 e. The molecule has 0 spiro atoms. The van der Waals surface area contributed by atoms with Crippen LogP contribution in [0.2, 0.25) is 0 Å². The van der Waals surface area contributed by atoms with E-state index < -0.39 is 12.1 Å². The molecule has 3 heteroatoms. The van der Waals surface area contributed by atoms with Gasteiger partial charge in [0.2, 0.25) is 0 Å². The number of rotatable bonds is 2. The predicted octanol–water partition coefficient (Wildman–Crippen LogP) is 1.09. The van der Waals surface area contributed by atoms with Crippen LogP contribution in [0, 0.1) is 0 Å². The normalized spacial score (nSPS) is 19.3. The molecule has 0 aliphatic heterocycles. The first-order valence-electron chi connectivity index (χ1n) is 3.52. The molecule has 0 aromatic rings. The van der Waals surface area contributed by atoms with Crippen molar-refractivity contribution in [2.45, 2.75) is 18.9 Å². The Hall–Kier alpha value is -0.960. The van der Waals surface area contributed by atoms with E-state index in [0.29, 0.717) is 12.0 Å². The molecule has 1 aliphatic carbocycles. The van der Waals surface area contributed by atoms with Gasteiger partial charge in [-0.25, -0.2) is 0 Å². The van der Waals surface area contributed by atoms with Crippen LogP contribution in [-0.4, -0.2) is 12.1 Å². The zero-order chi connectivity index (χ0) is 8.27. The number of hydrogen-bond acceptors (Lipinski definition) is 2. The molecule has 2 N–H and O–H groups in total. The fourth-order valence-corrected chi connectivity index (χ4v) is 1.03. The summed E-state index contributed by atoms with van der Waals surface area (Å²) in [6.07, 6.45) is 6.98. The van der Waals surface area contributed by atoms with Gasteiger partial charge < -0.3 is 5.73 Å². The van der Waals surface area contributed by atoms with Gasteiger partial charge in [-0.3, -0.25) is 4.79 Å². The Kier molecular flexibility index (Phi) is 2.54. The topological polar surface area (TPSA) is 43.1 Å². The van der Waals surface area contributed by atoms with Gasteiger partial charge in [0.1, 0.15) is 6.04 Å². The molecule has 0 heterocycles. The first kappa shape index (κ1) is 8.14. The Balaban J connectivity index is 2.66. The van der Waals surface area contributed by atoms with Gasteiger partial charge in [0.05, 0.1) is 0 Å². The van der Waals surface area contributed by atoms with E-state index in [4.69, 9.17) is 5.73 Å². The summed E-state index contributed by atoms with van der Waals surface area (Å²) in [7, 11) is 0. The standard InChI is InChI=1S/C8H10FNO/c9-8(11)7(10)6-4-2-1-3-5-6/h1-2,4,7H,3,5,10H2. The number of carbonyl (C=O) groups is 1. The molecule has 0 fully saturated rings. The van der Waals surface area contributed by atoms with E-state index in [-0.39, 0.29) is 0 Å². The van der Waals surface area contributed by atoms with Crippen molar-refractivity contribution in [3.05, 3.63) is 23.8 Å². The summed E-state index contributed by atoms with van der Waals surface area (Å²) in [4.78, 5) is 10.2. The summed E-state index contributed by atoms with van der Waals surface area (Å²) in [6.45, 7) is 0. The van der Waals surface area contributed by atoms with Crippen molar-refractivity contribution in [2.75, 3.05) is 0 Å². The van der Waals surface area contributed by atoms with Crippen LogP contribution in [0.1, 0.15) is 12.8 Å². The number of halogens is 1. The van der Waals surface area contributed by atoms with E-state index in [2.05, 4.69) is 0 Å². The molecule has 60 valence electrons. The fraction of sp³-hybridized carbons (Fsp3) is 0.375. The van der Waals surface area contributed by atoms with Crippen molar-refractivity contribution in [3.8, 4) is 0 Å². The SMILES string of the molecule is NC(C(=O)F)C1=CC=CCC1. The van der Waals surface area contributed by atoms with Crippen molar-refractivity contribution in [2.24, 2.45) is 5.73 Å². The lowest BCUT2D eigenvalue weighted by molar-refractivity contribution is -0.129. The van der Waals surface area contributed by atoms with Crippen LogP contribution in [0.3, 0.4) is 0 Å². The first-order valence-corrected chi connectivity index (χ1v) is 3.52. The van der Waals surface area contributed by atoms with Gasteiger partial charge in [-0.2, -0.15) is 4.39 Å². The lowest BCUT2D eigenvalue weighted by atomic mass is 9.99. The summed E-state index contributed by atoms with van der Waals surface area (Å²) < 4.78 is 12.1. The number of nitrogens with two attached hydrogens (primary N) is 1. The van der Waals surface area contributed by atoms with Crippen molar-refractivity contribution in [1.29, 1.82) is 0 Å². The molecule has 1 unspecified atom stereocenters. The zero-order valence-corrected chi connectivity index (χ0v) is 6.09. The van der Waals surface area contributed by atoms with Crippen molar-refractivity contribution in [1.82, 2.24) is 0 Å². The average Bonchev–Trinajstić information content (AvgIpc) is 2.05. The maximum absolute atomic E-state index is 12.1. The number of carbonyl (C=O) groups excluding carboxylic acids is 1. The molecule has 0 aromatic carbocycles. The Morgan fingerprint density at radius 3 is 2.91 bits per heavy atom. The van der Waals surface area contributed by atoms with Gasteiger partial charge in [0, 0.05) is 0 Å². The van der Waals surface area contributed by atoms with E-state index >= 15 is 0 Å². The largest absolute Gasteiger partial charge is 0.322 e. The highest BCUT2D eigenvalue weighted by atomic mass is 19.1. The van der Waals surface area contributed by atoms with Gasteiger partial charge in [-0.05, 0) is 18.4 Å². The van der Waals surface area contributed by atoms with Crippen molar-refractivity contribution < 1.29 is 9.18 Å². The third-order valence-electron chi connectivity index (χ3n) is 1.69. The second-order valence-corrected chi connectivity index (χ2v) is 2.49. The maximum Gasteiger partial charge on any atom is 0.322 e. The third-order valence-corrected chi connectivity index (χ3v) is 1.69. The second-order valence-electron chi connectivity index (χ2n) is 2.49. The summed E-state index contributed by atoms with van der Waals surface area (Å²) in [5.74, 6) is 0. The molecule has 2 nitrogen and oxygen atoms in total. The lowest BCUT2D eigenvalue weighted by Crippen LogP contribution is -2.30. The number of allylic oxidation sites excluding steroid dienone is 3. The summed E-state index contributed by atoms with van der Waals surface area (Å²) in [5, 5.41) is 0. The molecule has 1 rings (SSSR count). The van der Waals surface area contributed by atoms with Crippen LogP contribution in [0.4, 0.5) is 4.39 Å². The molecule has 0 radical (unpaired) electrons. The summed E-state index contributed by atoms with van der Waals surface area (Å²) in [6, 6.07) is -2.49. The molecule has 0 bridgehead atoms. The minimum atomic E-state index is -1.45. The highest BCUT2D eigenvalue weighted by Gasteiger charge is 2.17. The molecular weight excluding hydrogens is 145 g/mol.